The summed E-state index contributed by atoms with van der Waals surface area (Å²) in [7, 11) is 0. The maximum atomic E-state index is 13.0. The van der Waals surface area contributed by atoms with Crippen molar-refractivity contribution >= 4 is 17.5 Å². The molecular weight excluding hydrogens is 334 g/mol. The quantitative estimate of drug-likeness (QED) is 0.768. The van der Waals surface area contributed by atoms with Crippen LogP contribution in [0.25, 0.3) is 0 Å². The number of aromatic hydroxyl groups is 1. The van der Waals surface area contributed by atoms with Crippen LogP contribution in [0, 0.1) is 0 Å². The fourth-order valence-electron chi connectivity index (χ4n) is 3.35. The third-order valence-electron chi connectivity index (χ3n) is 4.35. The largest absolute Gasteiger partial charge is 0.508 e. The van der Waals surface area contributed by atoms with Crippen LogP contribution in [0.2, 0.25) is 5.02 Å². The molecule has 25 heavy (non-hydrogen) atoms. The van der Waals surface area contributed by atoms with E-state index < -0.39 is 0 Å². The number of phenols is 1. The van der Waals surface area contributed by atoms with Crippen LogP contribution in [-0.2, 0) is 4.79 Å². The highest BCUT2D eigenvalue weighted by Gasteiger charge is 2.26. The van der Waals surface area contributed by atoms with E-state index in [-0.39, 0.29) is 36.1 Å². The molecule has 0 aliphatic heterocycles. The van der Waals surface area contributed by atoms with Gasteiger partial charge in [-0.3, -0.25) is 4.79 Å². The molecule has 2 aromatic carbocycles. The SMILES string of the molecule is CC(C)N(C(=O)C[C@H](c1ccccc1)c1cc(Cl)ccc1O)C(C)C. The second-order valence-electron chi connectivity index (χ2n) is 6.86. The Kier molecular flexibility index (Phi) is 6.49. The second kappa shape index (κ2) is 8.39. The second-order valence-corrected chi connectivity index (χ2v) is 7.30. The van der Waals surface area contributed by atoms with E-state index in [9.17, 15) is 9.90 Å². The Morgan fingerprint density at radius 2 is 1.64 bits per heavy atom. The van der Waals surface area contributed by atoms with Gasteiger partial charge in [-0.25, -0.2) is 0 Å². The average molecular weight is 360 g/mol. The van der Waals surface area contributed by atoms with Crippen molar-refractivity contribution in [3.8, 4) is 5.75 Å². The van der Waals surface area contributed by atoms with E-state index in [1.54, 1.807) is 18.2 Å². The van der Waals surface area contributed by atoms with Crippen LogP contribution in [0.3, 0.4) is 0 Å². The fourth-order valence-corrected chi connectivity index (χ4v) is 3.53. The van der Waals surface area contributed by atoms with Crippen LogP contribution in [-0.4, -0.2) is 28.0 Å². The molecule has 134 valence electrons. The van der Waals surface area contributed by atoms with Crippen LogP contribution in [0.1, 0.15) is 51.2 Å². The van der Waals surface area contributed by atoms with Gasteiger partial charge in [0.15, 0.2) is 0 Å². The van der Waals surface area contributed by atoms with Gasteiger partial charge in [0.05, 0.1) is 0 Å². The topological polar surface area (TPSA) is 40.5 Å². The summed E-state index contributed by atoms with van der Waals surface area (Å²) in [5.74, 6) is -0.0164. The summed E-state index contributed by atoms with van der Waals surface area (Å²) in [5.41, 5.74) is 1.67. The number of halogens is 1. The van der Waals surface area contributed by atoms with Crippen LogP contribution in [0.5, 0.6) is 5.75 Å². The third-order valence-corrected chi connectivity index (χ3v) is 4.58. The fraction of sp³-hybridized carbons (Fsp3) is 0.381. The number of nitrogens with zero attached hydrogens (tertiary/aromatic N) is 1. The molecule has 3 nitrogen and oxygen atoms in total. The zero-order chi connectivity index (χ0) is 18.6. The molecule has 0 unspecified atom stereocenters. The van der Waals surface area contributed by atoms with Crippen LogP contribution in [0.15, 0.2) is 48.5 Å². The molecular formula is C21H26ClNO2. The van der Waals surface area contributed by atoms with E-state index in [1.807, 2.05) is 62.9 Å². The lowest BCUT2D eigenvalue weighted by Crippen LogP contribution is -2.42. The van der Waals surface area contributed by atoms with E-state index >= 15 is 0 Å². The lowest BCUT2D eigenvalue weighted by Gasteiger charge is -2.32. The highest BCUT2D eigenvalue weighted by molar-refractivity contribution is 6.30. The molecule has 0 fully saturated rings. The monoisotopic (exact) mass is 359 g/mol. The molecule has 0 aliphatic carbocycles. The number of hydrogen-bond donors (Lipinski definition) is 1. The number of benzene rings is 2. The predicted octanol–water partition coefficient (Wildman–Crippen LogP) is 5.21. The molecule has 4 heteroatoms. The van der Waals surface area contributed by atoms with E-state index in [0.29, 0.717) is 10.6 Å². The summed E-state index contributed by atoms with van der Waals surface area (Å²) in [4.78, 5) is 14.9. The van der Waals surface area contributed by atoms with E-state index in [1.165, 1.54) is 0 Å². The van der Waals surface area contributed by atoms with Gasteiger partial charge < -0.3 is 10.0 Å². The van der Waals surface area contributed by atoms with Crippen LogP contribution in [0.4, 0.5) is 0 Å². The Labute approximate surface area is 155 Å². The maximum Gasteiger partial charge on any atom is 0.223 e. The van der Waals surface area contributed by atoms with Gasteiger partial charge in [-0.1, -0.05) is 41.9 Å². The number of hydrogen-bond acceptors (Lipinski definition) is 2. The minimum absolute atomic E-state index is 0.0678. The zero-order valence-electron chi connectivity index (χ0n) is 15.2. The first-order chi connectivity index (χ1) is 11.8. The number of carbonyl (C=O) groups excluding carboxylic acids is 1. The van der Waals surface area contributed by atoms with Crippen LogP contribution >= 0.6 is 11.6 Å². The molecule has 0 aliphatic rings. The van der Waals surface area contributed by atoms with Crippen molar-refractivity contribution in [2.24, 2.45) is 0 Å². The molecule has 0 saturated heterocycles. The summed E-state index contributed by atoms with van der Waals surface area (Å²) in [6.07, 6.45) is 0.286. The highest BCUT2D eigenvalue weighted by atomic mass is 35.5. The Morgan fingerprint density at radius 1 is 1.04 bits per heavy atom. The number of carbonyl (C=O) groups is 1. The van der Waals surface area contributed by atoms with Crippen molar-refractivity contribution in [3.05, 3.63) is 64.7 Å². The first-order valence-electron chi connectivity index (χ1n) is 8.65. The molecule has 1 N–H and O–H groups in total. The molecule has 0 radical (unpaired) electrons. The van der Waals surface area contributed by atoms with Gasteiger partial charge in [0.25, 0.3) is 0 Å². The van der Waals surface area contributed by atoms with Crippen LogP contribution < -0.4 is 0 Å². The van der Waals surface area contributed by atoms with Gasteiger partial charge in [0.2, 0.25) is 5.91 Å². The molecule has 0 bridgehead atoms. The summed E-state index contributed by atoms with van der Waals surface area (Å²) >= 11 is 6.14. The molecule has 2 rings (SSSR count). The van der Waals surface area contributed by atoms with Gasteiger partial charge in [-0.2, -0.15) is 0 Å². The van der Waals surface area contributed by atoms with Gasteiger partial charge in [0, 0.05) is 35.0 Å². The molecule has 2 aromatic rings. The molecule has 0 saturated carbocycles. The first-order valence-corrected chi connectivity index (χ1v) is 9.03. The minimum Gasteiger partial charge on any atom is -0.508 e. The third kappa shape index (κ3) is 4.76. The normalized spacial score (nSPS) is 12.4. The number of amides is 1. The van der Waals surface area contributed by atoms with E-state index in [0.717, 1.165) is 5.56 Å². The Bertz CT molecular complexity index is 705. The minimum atomic E-state index is -0.243. The van der Waals surface area contributed by atoms with Crippen molar-refractivity contribution in [3.63, 3.8) is 0 Å². The lowest BCUT2D eigenvalue weighted by molar-refractivity contribution is -0.135. The smallest absolute Gasteiger partial charge is 0.223 e. The number of rotatable bonds is 6. The van der Waals surface area contributed by atoms with E-state index in [4.69, 9.17) is 11.6 Å². The van der Waals surface area contributed by atoms with E-state index in [2.05, 4.69) is 0 Å². The van der Waals surface area contributed by atoms with Crippen molar-refractivity contribution in [1.29, 1.82) is 0 Å². The maximum absolute atomic E-state index is 13.0. The molecule has 0 spiro atoms. The standard InChI is InChI=1S/C21H26ClNO2/c1-14(2)23(15(3)4)21(25)13-18(16-8-6-5-7-9-16)19-12-17(22)10-11-20(19)24/h5-12,14-15,18,24H,13H2,1-4H3/t18-/m1/s1. The Balaban J connectivity index is 2.43. The summed E-state index contributed by atoms with van der Waals surface area (Å²) in [6, 6.07) is 15.0. The van der Waals surface area contributed by atoms with Crippen molar-refractivity contribution < 1.29 is 9.90 Å². The predicted molar refractivity (Wildman–Crippen MR) is 103 cm³/mol. The van der Waals surface area contributed by atoms with Gasteiger partial charge in [0.1, 0.15) is 5.75 Å². The Hall–Kier alpha value is -2.00. The highest BCUT2D eigenvalue weighted by Crippen LogP contribution is 2.36. The van der Waals surface area contributed by atoms with Crippen molar-refractivity contribution in [1.82, 2.24) is 4.90 Å². The van der Waals surface area contributed by atoms with Crippen molar-refractivity contribution in [2.75, 3.05) is 0 Å². The molecule has 0 aromatic heterocycles. The Morgan fingerprint density at radius 3 is 2.20 bits per heavy atom. The molecule has 0 heterocycles. The van der Waals surface area contributed by atoms with Crippen molar-refractivity contribution in [2.45, 2.75) is 52.1 Å². The summed E-state index contributed by atoms with van der Waals surface area (Å²) in [6.45, 7) is 8.08. The molecule has 1 amide bonds. The molecule has 1 atom stereocenters. The summed E-state index contributed by atoms with van der Waals surface area (Å²) < 4.78 is 0. The van der Waals surface area contributed by atoms with Gasteiger partial charge in [-0.15, -0.1) is 0 Å². The van der Waals surface area contributed by atoms with Gasteiger partial charge >= 0.3 is 0 Å². The van der Waals surface area contributed by atoms with Gasteiger partial charge in [-0.05, 0) is 51.5 Å². The lowest BCUT2D eigenvalue weighted by atomic mass is 9.87. The zero-order valence-corrected chi connectivity index (χ0v) is 16.0. The summed E-state index contributed by atoms with van der Waals surface area (Å²) in [5, 5.41) is 10.9. The number of phenolic OH excluding ortho intramolecular Hbond substituents is 1. The average Bonchev–Trinajstić information content (AvgIpc) is 2.55. The first kappa shape index (κ1) is 19.3.